The van der Waals surface area contributed by atoms with Crippen LogP contribution in [0.3, 0.4) is 0 Å². The molecule has 1 aromatic carbocycles. The number of nitrogens with zero attached hydrogens (tertiary/aromatic N) is 1. The highest BCUT2D eigenvalue weighted by atomic mass is 16.3. The van der Waals surface area contributed by atoms with E-state index in [1.807, 2.05) is 6.07 Å². The molecule has 0 aliphatic carbocycles. The van der Waals surface area contributed by atoms with E-state index in [1.165, 1.54) is 55.8 Å². The zero-order valence-electron chi connectivity index (χ0n) is 12.6. The maximum atomic E-state index is 9.16. The van der Waals surface area contributed by atoms with Crippen molar-refractivity contribution in [3.05, 3.63) is 36.0 Å². The molecule has 2 heteroatoms. The zero-order valence-corrected chi connectivity index (χ0v) is 12.6. The number of fused-ring (bicyclic) bond motifs is 1. The number of aliphatic hydroxyl groups excluding tert-OH is 1. The van der Waals surface area contributed by atoms with Crippen LogP contribution in [0, 0.1) is 0 Å². The highest BCUT2D eigenvalue weighted by molar-refractivity contribution is 5.80. The molecule has 0 spiro atoms. The Labute approximate surface area is 122 Å². The second-order valence-corrected chi connectivity index (χ2v) is 5.68. The lowest BCUT2D eigenvalue weighted by Crippen LogP contribution is -1.96. The zero-order chi connectivity index (χ0) is 14.2. The number of hydrogen-bond acceptors (Lipinski definition) is 1. The lowest BCUT2D eigenvalue weighted by Gasteiger charge is -2.06. The Morgan fingerprint density at radius 2 is 1.70 bits per heavy atom. The summed E-state index contributed by atoms with van der Waals surface area (Å²) < 4.78 is 2.34. The Morgan fingerprint density at radius 1 is 0.950 bits per heavy atom. The quantitative estimate of drug-likeness (QED) is 0.647. The average molecular weight is 273 g/mol. The van der Waals surface area contributed by atoms with Crippen molar-refractivity contribution in [3.63, 3.8) is 0 Å². The third-order valence-electron chi connectivity index (χ3n) is 4.02. The Morgan fingerprint density at radius 3 is 2.45 bits per heavy atom. The van der Waals surface area contributed by atoms with Crippen LogP contribution in [0.15, 0.2) is 30.5 Å². The third-order valence-corrected chi connectivity index (χ3v) is 4.02. The van der Waals surface area contributed by atoms with Gasteiger partial charge in [0.25, 0.3) is 0 Å². The van der Waals surface area contributed by atoms with E-state index in [4.69, 9.17) is 5.11 Å². The first-order valence-electron chi connectivity index (χ1n) is 8.03. The van der Waals surface area contributed by atoms with Crippen LogP contribution >= 0.6 is 0 Å². The standard InChI is InChI=1S/C18H27NO/c1-2-3-4-5-6-7-8-12-19-13-11-17-14-16(15-20)9-10-18(17)19/h9-11,13-14,20H,2-8,12,15H2,1H3. The van der Waals surface area contributed by atoms with E-state index in [9.17, 15) is 0 Å². The molecule has 110 valence electrons. The van der Waals surface area contributed by atoms with Gasteiger partial charge >= 0.3 is 0 Å². The maximum Gasteiger partial charge on any atom is 0.0682 e. The summed E-state index contributed by atoms with van der Waals surface area (Å²) in [6.45, 7) is 3.49. The van der Waals surface area contributed by atoms with E-state index in [0.717, 1.165) is 12.1 Å². The summed E-state index contributed by atoms with van der Waals surface area (Å²) in [7, 11) is 0. The Bertz CT molecular complexity index is 515. The fourth-order valence-electron chi connectivity index (χ4n) is 2.78. The number of benzene rings is 1. The first kappa shape index (κ1) is 15.1. The topological polar surface area (TPSA) is 25.2 Å². The van der Waals surface area contributed by atoms with E-state index < -0.39 is 0 Å². The fraction of sp³-hybridized carbons (Fsp3) is 0.556. The monoisotopic (exact) mass is 273 g/mol. The van der Waals surface area contributed by atoms with Crippen molar-refractivity contribution in [2.45, 2.75) is 65.0 Å². The average Bonchev–Trinajstić information content (AvgIpc) is 2.88. The van der Waals surface area contributed by atoms with Gasteiger partial charge in [-0.3, -0.25) is 0 Å². The minimum absolute atomic E-state index is 0.124. The van der Waals surface area contributed by atoms with Gasteiger partial charge in [0.1, 0.15) is 0 Å². The molecule has 0 aliphatic heterocycles. The number of aryl methyl sites for hydroxylation is 1. The van der Waals surface area contributed by atoms with Gasteiger partial charge < -0.3 is 9.67 Å². The van der Waals surface area contributed by atoms with Crippen molar-refractivity contribution in [3.8, 4) is 0 Å². The van der Waals surface area contributed by atoms with E-state index in [-0.39, 0.29) is 6.61 Å². The highest BCUT2D eigenvalue weighted by Crippen LogP contribution is 2.19. The molecule has 0 saturated heterocycles. The molecule has 0 fully saturated rings. The minimum atomic E-state index is 0.124. The van der Waals surface area contributed by atoms with E-state index in [1.54, 1.807) is 0 Å². The van der Waals surface area contributed by atoms with Crippen LogP contribution in [-0.4, -0.2) is 9.67 Å². The molecule has 1 N–H and O–H groups in total. The van der Waals surface area contributed by atoms with Gasteiger partial charge in [-0.05, 0) is 35.6 Å². The lowest BCUT2D eigenvalue weighted by atomic mass is 10.1. The van der Waals surface area contributed by atoms with Crippen molar-refractivity contribution in [1.29, 1.82) is 0 Å². The molecule has 0 amide bonds. The number of hydrogen-bond donors (Lipinski definition) is 1. The van der Waals surface area contributed by atoms with E-state index >= 15 is 0 Å². The van der Waals surface area contributed by atoms with E-state index in [0.29, 0.717) is 0 Å². The lowest BCUT2D eigenvalue weighted by molar-refractivity contribution is 0.282. The van der Waals surface area contributed by atoms with Crippen LogP contribution in [-0.2, 0) is 13.2 Å². The van der Waals surface area contributed by atoms with Gasteiger partial charge in [0, 0.05) is 18.3 Å². The first-order valence-corrected chi connectivity index (χ1v) is 8.03. The summed E-state index contributed by atoms with van der Waals surface area (Å²) >= 11 is 0. The molecule has 0 bridgehead atoms. The molecular formula is C18H27NO. The van der Waals surface area contributed by atoms with Gasteiger partial charge in [0.2, 0.25) is 0 Å². The van der Waals surface area contributed by atoms with Crippen molar-refractivity contribution >= 4 is 10.9 Å². The number of aromatic nitrogens is 1. The molecular weight excluding hydrogens is 246 g/mol. The molecule has 2 nitrogen and oxygen atoms in total. The number of aliphatic hydroxyl groups is 1. The molecule has 0 radical (unpaired) electrons. The Balaban J connectivity index is 1.79. The summed E-state index contributed by atoms with van der Waals surface area (Å²) in [5, 5.41) is 10.4. The first-order chi connectivity index (χ1) is 9.85. The van der Waals surface area contributed by atoms with Crippen molar-refractivity contribution in [1.82, 2.24) is 4.57 Å². The minimum Gasteiger partial charge on any atom is -0.392 e. The van der Waals surface area contributed by atoms with Gasteiger partial charge in [-0.2, -0.15) is 0 Å². The fourth-order valence-corrected chi connectivity index (χ4v) is 2.78. The van der Waals surface area contributed by atoms with Crippen LogP contribution in [0.5, 0.6) is 0 Å². The SMILES string of the molecule is CCCCCCCCCn1ccc2cc(CO)ccc21. The molecule has 0 saturated carbocycles. The Kier molecular flexibility index (Phi) is 6.13. The largest absolute Gasteiger partial charge is 0.392 e. The van der Waals surface area contributed by atoms with Gasteiger partial charge in [0.05, 0.1) is 6.61 Å². The Hall–Kier alpha value is -1.28. The van der Waals surface area contributed by atoms with Crippen LogP contribution in [0.25, 0.3) is 10.9 Å². The molecule has 20 heavy (non-hydrogen) atoms. The smallest absolute Gasteiger partial charge is 0.0682 e. The molecule has 0 aliphatic rings. The van der Waals surface area contributed by atoms with Crippen molar-refractivity contribution in [2.75, 3.05) is 0 Å². The summed E-state index contributed by atoms with van der Waals surface area (Å²) in [5.41, 5.74) is 2.28. The predicted molar refractivity (Wildman–Crippen MR) is 85.9 cm³/mol. The molecule has 2 rings (SSSR count). The maximum absolute atomic E-state index is 9.16. The molecule has 1 aromatic heterocycles. The summed E-state index contributed by atoms with van der Waals surface area (Å²) in [6.07, 6.45) is 11.6. The molecule has 0 atom stereocenters. The van der Waals surface area contributed by atoms with Gasteiger partial charge in [-0.15, -0.1) is 0 Å². The van der Waals surface area contributed by atoms with Crippen LogP contribution in [0.4, 0.5) is 0 Å². The van der Waals surface area contributed by atoms with Gasteiger partial charge in [-0.1, -0.05) is 51.5 Å². The normalized spacial score (nSPS) is 11.3. The predicted octanol–water partition coefficient (Wildman–Crippen LogP) is 4.88. The summed E-state index contributed by atoms with van der Waals surface area (Å²) in [4.78, 5) is 0. The summed E-state index contributed by atoms with van der Waals surface area (Å²) in [5.74, 6) is 0. The van der Waals surface area contributed by atoms with Crippen LogP contribution < -0.4 is 0 Å². The number of unbranched alkanes of at least 4 members (excludes halogenated alkanes) is 6. The van der Waals surface area contributed by atoms with Crippen molar-refractivity contribution < 1.29 is 5.11 Å². The van der Waals surface area contributed by atoms with Gasteiger partial charge in [-0.25, -0.2) is 0 Å². The highest BCUT2D eigenvalue weighted by Gasteiger charge is 2.01. The van der Waals surface area contributed by atoms with Crippen molar-refractivity contribution in [2.24, 2.45) is 0 Å². The summed E-state index contributed by atoms with van der Waals surface area (Å²) in [6, 6.07) is 8.37. The molecule has 0 unspecified atom stereocenters. The number of rotatable bonds is 9. The van der Waals surface area contributed by atoms with Gasteiger partial charge in [0.15, 0.2) is 0 Å². The second-order valence-electron chi connectivity index (χ2n) is 5.68. The second kappa shape index (κ2) is 8.11. The molecule has 1 heterocycles. The van der Waals surface area contributed by atoms with Crippen LogP contribution in [0.2, 0.25) is 0 Å². The van der Waals surface area contributed by atoms with E-state index in [2.05, 4.69) is 35.9 Å². The molecule has 2 aromatic rings. The third kappa shape index (κ3) is 4.11. The van der Waals surface area contributed by atoms with Crippen LogP contribution in [0.1, 0.15) is 57.4 Å².